The van der Waals surface area contributed by atoms with Gasteiger partial charge in [0.15, 0.2) is 0 Å². The molecule has 3 N–H and O–H groups in total. The van der Waals surface area contributed by atoms with Gasteiger partial charge in [-0.1, -0.05) is 34.1 Å². The van der Waals surface area contributed by atoms with Gasteiger partial charge in [-0.25, -0.2) is 0 Å². The Morgan fingerprint density at radius 3 is 2.70 bits per heavy atom. The molecule has 0 radical (unpaired) electrons. The van der Waals surface area contributed by atoms with Crippen molar-refractivity contribution in [1.29, 1.82) is 5.26 Å². The summed E-state index contributed by atoms with van der Waals surface area (Å²) in [6.07, 6.45) is 2.99. The number of aromatic nitrogens is 1. The Morgan fingerprint density at radius 1 is 1.13 bits per heavy atom. The van der Waals surface area contributed by atoms with Crippen molar-refractivity contribution in [2.24, 2.45) is 5.73 Å². The van der Waals surface area contributed by atoms with Crippen molar-refractivity contribution < 1.29 is 0 Å². The number of nitrogens with two attached hydrogens (primary N) is 1. The molecule has 0 unspecified atom stereocenters. The SMILES string of the molecule is N#Cc1ccc2[nH]c(-c3ccccc3Br)c(CCCCN)c2c1. The lowest BCUT2D eigenvalue weighted by molar-refractivity contribution is 0.748. The molecule has 0 spiro atoms. The smallest absolute Gasteiger partial charge is 0.0991 e. The van der Waals surface area contributed by atoms with E-state index >= 15 is 0 Å². The van der Waals surface area contributed by atoms with Gasteiger partial charge in [-0.2, -0.15) is 5.26 Å². The number of fused-ring (bicyclic) bond motifs is 1. The molecule has 116 valence electrons. The number of nitriles is 1. The van der Waals surface area contributed by atoms with Crippen LogP contribution in [0.1, 0.15) is 24.0 Å². The van der Waals surface area contributed by atoms with E-state index in [1.807, 2.05) is 36.4 Å². The van der Waals surface area contributed by atoms with Crippen LogP contribution >= 0.6 is 15.9 Å². The number of nitrogens with one attached hydrogen (secondary N) is 1. The highest BCUT2D eigenvalue weighted by atomic mass is 79.9. The summed E-state index contributed by atoms with van der Waals surface area (Å²) in [5.41, 5.74) is 10.9. The van der Waals surface area contributed by atoms with E-state index in [1.54, 1.807) is 0 Å². The summed E-state index contributed by atoms with van der Waals surface area (Å²) < 4.78 is 1.06. The van der Waals surface area contributed by atoms with E-state index < -0.39 is 0 Å². The van der Waals surface area contributed by atoms with Gasteiger partial charge in [0.05, 0.1) is 17.3 Å². The van der Waals surface area contributed by atoms with Crippen molar-refractivity contribution in [3.8, 4) is 17.3 Å². The maximum atomic E-state index is 9.19. The third kappa shape index (κ3) is 3.17. The lowest BCUT2D eigenvalue weighted by atomic mass is 9.99. The largest absolute Gasteiger partial charge is 0.354 e. The number of rotatable bonds is 5. The van der Waals surface area contributed by atoms with Gasteiger partial charge in [0.25, 0.3) is 0 Å². The molecule has 0 aliphatic heterocycles. The number of unbranched alkanes of at least 4 members (excludes halogenated alkanes) is 1. The number of aromatic amines is 1. The van der Waals surface area contributed by atoms with Crippen LogP contribution in [0.3, 0.4) is 0 Å². The summed E-state index contributed by atoms with van der Waals surface area (Å²) in [5.74, 6) is 0. The molecule has 0 bridgehead atoms. The van der Waals surface area contributed by atoms with Gasteiger partial charge in [-0.05, 0) is 55.6 Å². The Balaban J connectivity index is 2.18. The molecule has 3 aromatic rings. The number of benzene rings is 2. The first kappa shape index (κ1) is 15.8. The lowest BCUT2D eigenvalue weighted by Gasteiger charge is -2.07. The monoisotopic (exact) mass is 367 g/mol. The number of H-pyrrole nitrogens is 1. The minimum Gasteiger partial charge on any atom is -0.354 e. The zero-order valence-electron chi connectivity index (χ0n) is 12.8. The van der Waals surface area contributed by atoms with Crippen molar-refractivity contribution in [3.63, 3.8) is 0 Å². The Hall–Kier alpha value is -2.09. The van der Waals surface area contributed by atoms with Crippen LogP contribution < -0.4 is 5.73 Å². The van der Waals surface area contributed by atoms with E-state index in [2.05, 4.69) is 33.0 Å². The van der Waals surface area contributed by atoms with E-state index in [0.29, 0.717) is 12.1 Å². The summed E-state index contributed by atoms with van der Waals surface area (Å²) in [7, 11) is 0. The molecule has 0 aliphatic carbocycles. The molecular weight excluding hydrogens is 350 g/mol. The Morgan fingerprint density at radius 2 is 1.96 bits per heavy atom. The van der Waals surface area contributed by atoms with Gasteiger partial charge in [0, 0.05) is 20.9 Å². The van der Waals surface area contributed by atoms with E-state index in [0.717, 1.165) is 45.9 Å². The van der Waals surface area contributed by atoms with Gasteiger partial charge in [-0.15, -0.1) is 0 Å². The molecule has 1 aromatic heterocycles. The van der Waals surface area contributed by atoms with Gasteiger partial charge in [0.2, 0.25) is 0 Å². The van der Waals surface area contributed by atoms with Crippen molar-refractivity contribution in [2.45, 2.75) is 19.3 Å². The average molecular weight is 368 g/mol. The number of halogens is 1. The molecule has 3 nitrogen and oxygen atoms in total. The van der Waals surface area contributed by atoms with Crippen molar-refractivity contribution in [1.82, 2.24) is 4.98 Å². The summed E-state index contributed by atoms with van der Waals surface area (Å²) in [5, 5.41) is 10.3. The fourth-order valence-electron chi connectivity index (χ4n) is 2.92. The van der Waals surface area contributed by atoms with Gasteiger partial charge < -0.3 is 10.7 Å². The minimum atomic E-state index is 0.690. The Kier molecular flexibility index (Phi) is 4.80. The highest BCUT2D eigenvalue weighted by Gasteiger charge is 2.15. The summed E-state index contributed by atoms with van der Waals surface area (Å²) in [6, 6.07) is 16.2. The molecule has 4 heteroatoms. The number of hydrogen-bond acceptors (Lipinski definition) is 2. The minimum absolute atomic E-state index is 0.690. The normalized spacial score (nSPS) is 10.8. The molecule has 2 aromatic carbocycles. The van der Waals surface area contributed by atoms with Gasteiger partial charge in [-0.3, -0.25) is 0 Å². The quantitative estimate of drug-likeness (QED) is 0.638. The van der Waals surface area contributed by atoms with Crippen LogP contribution in [-0.2, 0) is 6.42 Å². The topological polar surface area (TPSA) is 65.6 Å². The fraction of sp³-hybridized carbons (Fsp3) is 0.211. The molecule has 0 aliphatic rings. The highest BCUT2D eigenvalue weighted by Crippen LogP contribution is 2.35. The number of hydrogen-bond donors (Lipinski definition) is 2. The summed E-state index contributed by atoms with van der Waals surface area (Å²) in [4.78, 5) is 3.53. The third-order valence-electron chi connectivity index (χ3n) is 4.06. The van der Waals surface area contributed by atoms with Crippen molar-refractivity contribution in [3.05, 3.63) is 58.1 Å². The fourth-order valence-corrected chi connectivity index (χ4v) is 3.40. The second-order valence-electron chi connectivity index (χ2n) is 5.58. The van der Waals surface area contributed by atoms with Crippen LogP contribution in [0.25, 0.3) is 22.2 Å². The van der Waals surface area contributed by atoms with Crippen molar-refractivity contribution in [2.75, 3.05) is 6.54 Å². The molecule has 23 heavy (non-hydrogen) atoms. The van der Waals surface area contributed by atoms with Crippen molar-refractivity contribution >= 4 is 26.8 Å². The van der Waals surface area contributed by atoms with Crippen LogP contribution in [0.4, 0.5) is 0 Å². The predicted octanol–water partition coefficient (Wildman–Crippen LogP) is 4.75. The maximum Gasteiger partial charge on any atom is 0.0991 e. The first-order valence-electron chi connectivity index (χ1n) is 7.74. The van der Waals surface area contributed by atoms with E-state index in [1.165, 1.54) is 5.56 Å². The van der Waals surface area contributed by atoms with E-state index in [9.17, 15) is 5.26 Å². The van der Waals surface area contributed by atoms with Gasteiger partial charge in [0.1, 0.15) is 0 Å². The molecule has 1 heterocycles. The highest BCUT2D eigenvalue weighted by molar-refractivity contribution is 9.10. The molecule has 0 atom stereocenters. The zero-order chi connectivity index (χ0) is 16.2. The van der Waals surface area contributed by atoms with E-state index in [4.69, 9.17) is 5.73 Å². The third-order valence-corrected chi connectivity index (χ3v) is 4.75. The predicted molar refractivity (Wildman–Crippen MR) is 98.1 cm³/mol. The second-order valence-corrected chi connectivity index (χ2v) is 6.43. The van der Waals surface area contributed by atoms with Gasteiger partial charge >= 0.3 is 0 Å². The number of nitrogens with zero attached hydrogens (tertiary/aromatic N) is 1. The molecular formula is C19H18BrN3. The van der Waals surface area contributed by atoms with Crippen LogP contribution in [-0.4, -0.2) is 11.5 Å². The number of aryl methyl sites for hydroxylation is 1. The van der Waals surface area contributed by atoms with Crippen LogP contribution in [0.2, 0.25) is 0 Å². The molecule has 0 saturated carbocycles. The Labute approximate surface area is 144 Å². The molecule has 0 saturated heterocycles. The first-order valence-corrected chi connectivity index (χ1v) is 8.53. The molecule has 0 fully saturated rings. The second kappa shape index (κ2) is 6.99. The Bertz CT molecular complexity index is 874. The van der Waals surface area contributed by atoms with Crippen LogP contribution in [0.15, 0.2) is 46.9 Å². The van der Waals surface area contributed by atoms with Crippen LogP contribution in [0.5, 0.6) is 0 Å². The van der Waals surface area contributed by atoms with Crippen LogP contribution in [0, 0.1) is 11.3 Å². The standard InChI is InChI=1S/C19H18BrN3/c20-17-7-2-1-6-15(17)19-14(5-3-4-10-21)16-11-13(12-22)8-9-18(16)23-19/h1-2,6-9,11,23H,3-5,10,21H2. The first-order chi connectivity index (χ1) is 11.2. The summed E-state index contributed by atoms with van der Waals surface area (Å²) >= 11 is 3.64. The van der Waals surface area contributed by atoms with E-state index in [-0.39, 0.29) is 0 Å². The maximum absolute atomic E-state index is 9.19. The molecule has 3 rings (SSSR count). The molecule has 0 amide bonds. The summed E-state index contributed by atoms with van der Waals surface area (Å²) in [6.45, 7) is 0.705. The lowest BCUT2D eigenvalue weighted by Crippen LogP contribution is -1.99. The zero-order valence-corrected chi connectivity index (χ0v) is 14.4. The average Bonchev–Trinajstić information content (AvgIpc) is 2.93.